The zero-order valence-corrected chi connectivity index (χ0v) is 19.0. The molecule has 0 saturated carbocycles. The van der Waals surface area contributed by atoms with Crippen LogP contribution in [0.15, 0.2) is 53.6 Å². The van der Waals surface area contributed by atoms with Crippen LogP contribution in [0.25, 0.3) is 10.9 Å². The number of carbonyl (C=O) groups is 1. The van der Waals surface area contributed by atoms with Crippen molar-refractivity contribution in [2.24, 2.45) is 0 Å². The first-order chi connectivity index (χ1) is 15.4. The third-order valence-corrected chi connectivity index (χ3v) is 7.62. The van der Waals surface area contributed by atoms with Crippen LogP contribution in [-0.4, -0.2) is 50.5 Å². The highest BCUT2D eigenvalue weighted by Crippen LogP contribution is 2.26. The van der Waals surface area contributed by atoms with Crippen LogP contribution in [0.2, 0.25) is 0 Å². The monoisotopic (exact) mass is 457 g/mol. The minimum Gasteiger partial charge on any atom is -0.497 e. The molecule has 1 N–H and O–H groups in total. The van der Waals surface area contributed by atoms with Gasteiger partial charge in [-0.3, -0.25) is 4.79 Å². The average molecular weight is 458 g/mol. The molecule has 0 radical (unpaired) electrons. The Hall–Kier alpha value is -3.04. The number of methoxy groups -OCH3 is 2. The first kappa shape index (κ1) is 22.2. The van der Waals surface area contributed by atoms with Gasteiger partial charge in [-0.2, -0.15) is 4.31 Å². The van der Waals surface area contributed by atoms with E-state index in [9.17, 15) is 13.2 Å². The van der Waals surface area contributed by atoms with Gasteiger partial charge in [0.2, 0.25) is 15.9 Å². The molecule has 1 fully saturated rings. The highest BCUT2D eigenvalue weighted by atomic mass is 32.2. The number of hydrogen-bond acceptors (Lipinski definition) is 5. The molecule has 4 rings (SSSR count). The lowest BCUT2D eigenvalue weighted by molar-refractivity contribution is -0.121. The standard InChI is InChI=1S/C23H27N3O5S/c1-30-19-5-8-22(31-2)18(13-19)15-24-23(27)16-25-12-9-17-14-20(6-7-21(17)25)32(28,29)26-10-3-4-11-26/h5-9,12-14H,3-4,10-11,15-16H2,1-2H3,(H,24,27). The topological polar surface area (TPSA) is 89.9 Å². The van der Waals surface area contributed by atoms with E-state index in [1.54, 1.807) is 55.3 Å². The highest BCUT2D eigenvalue weighted by molar-refractivity contribution is 7.89. The van der Waals surface area contributed by atoms with E-state index in [1.807, 2.05) is 12.1 Å². The number of sulfonamides is 1. The van der Waals surface area contributed by atoms with E-state index in [0.717, 1.165) is 29.3 Å². The van der Waals surface area contributed by atoms with Gasteiger partial charge in [-0.15, -0.1) is 0 Å². The van der Waals surface area contributed by atoms with Gasteiger partial charge < -0.3 is 19.4 Å². The van der Waals surface area contributed by atoms with Crippen molar-refractivity contribution in [2.45, 2.75) is 30.8 Å². The predicted octanol–water partition coefficient (Wildman–Crippen LogP) is 2.76. The van der Waals surface area contributed by atoms with Crippen LogP contribution in [-0.2, 0) is 27.9 Å². The fourth-order valence-corrected chi connectivity index (χ4v) is 5.53. The van der Waals surface area contributed by atoms with E-state index in [0.29, 0.717) is 36.0 Å². The van der Waals surface area contributed by atoms with Gasteiger partial charge in [0.15, 0.2) is 0 Å². The molecule has 1 amide bonds. The zero-order valence-electron chi connectivity index (χ0n) is 18.2. The summed E-state index contributed by atoms with van der Waals surface area (Å²) in [7, 11) is -0.306. The summed E-state index contributed by atoms with van der Waals surface area (Å²) in [6.45, 7) is 1.56. The van der Waals surface area contributed by atoms with Crippen molar-refractivity contribution in [3.05, 3.63) is 54.2 Å². The molecule has 3 aromatic rings. The Balaban J connectivity index is 1.46. The van der Waals surface area contributed by atoms with Gasteiger partial charge in [0.1, 0.15) is 18.0 Å². The van der Waals surface area contributed by atoms with Gasteiger partial charge in [-0.1, -0.05) is 0 Å². The second-order valence-electron chi connectivity index (χ2n) is 7.73. The van der Waals surface area contributed by atoms with Gasteiger partial charge in [-0.25, -0.2) is 8.42 Å². The Kier molecular flexibility index (Phi) is 6.38. The van der Waals surface area contributed by atoms with Crippen molar-refractivity contribution in [2.75, 3.05) is 27.3 Å². The van der Waals surface area contributed by atoms with Crippen molar-refractivity contribution >= 4 is 26.8 Å². The number of hydrogen-bond donors (Lipinski definition) is 1. The molecule has 2 aromatic carbocycles. The number of rotatable bonds is 8. The lowest BCUT2D eigenvalue weighted by Gasteiger charge is -2.15. The molecule has 1 aliphatic heterocycles. The van der Waals surface area contributed by atoms with Crippen LogP contribution in [0.4, 0.5) is 0 Å². The van der Waals surface area contributed by atoms with Gasteiger partial charge in [0, 0.05) is 42.3 Å². The molecular weight excluding hydrogens is 430 g/mol. The SMILES string of the molecule is COc1ccc(OC)c(CNC(=O)Cn2ccc3cc(S(=O)(=O)N4CCCC4)ccc32)c1. The van der Waals surface area contributed by atoms with Crippen molar-refractivity contribution in [3.8, 4) is 11.5 Å². The maximum Gasteiger partial charge on any atom is 0.243 e. The third kappa shape index (κ3) is 4.44. The van der Waals surface area contributed by atoms with Crippen LogP contribution in [0, 0.1) is 0 Å². The Morgan fingerprint density at radius 1 is 1.03 bits per heavy atom. The quantitative estimate of drug-likeness (QED) is 0.562. The lowest BCUT2D eigenvalue weighted by Crippen LogP contribution is -2.28. The normalized spacial score (nSPS) is 14.6. The molecule has 0 atom stereocenters. The molecule has 1 aromatic heterocycles. The molecule has 1 saturated heterocycles. The summed E-state index contributed by atoms with van der Waals surface area (Å²) in [6.07, 6.45) is 3.59. The molecule has 0 bridgehead atoms. The summed E-state index contributed by atoms with van der Waals surface area (Å²) in [5.41, 5.74) is 1.62. The fourth-order valence-electron chi connectivity index (χ4n) is 3.98. The van der Waals surface area contributed by atoms with E-state index < -0.39 is 10.0 Å². The minimum atomic E-state index is -3.47. The summed E-state index contributed by atoms with van der Waals surface area (Å²) in [4.78, 5) is 12.9. The van der Waals surface area contributed by atoms with Crippen LogP contribution < -0.4 is 14.8 Å². The second-order valence-corrected chi connectivity index (χ2v) is 9.67. The Morgan fingerprint density at radius 2 is 1.81 bits per heavy atom. The van der Waals surface area contributed by atoms with Crippen LogP contribution in [0.5, 0.6) is 11.5 Å². The molecule has 0 unspecified atom stereocenters. The van der Waals surface area contributed by atoms with E-state index in [-0.39, 0.29) is 12.5 Å². The van der Waals surface area contributed by atoms with Crippen LogP contribution >= 0.6 is 0 Å². The zero-order chi connectivity index (χ0) is 22.7. The van der Waals surface area contributed by atoms with Gasteiger partial charge >= 0.3 is 0 Å². The fraction of sp³-hybridized carbons (Fsp3) is 0.348. The van der Waals surface area contributed by atoms with E-state index in [4.69, 9.17) is 9.47 Å². The second kappa shape index (κ2) is 9.22. The Labute approximate surface area is 187 Å². The van der Waals surface area contributed by atoms with Gasteiger partial charge in [0.25, 0.3) is 0 Å². The predicted molar refractivity (Wildman–Crippen MR) is 121 cm³/mol. The van der Waals surface area contributed by atoms with Gasteiger partial charge in [0.05, 0.1) is 19.1 Å². The van der Waals surface area contributed by atoms with E-state index >= 15 is 0 Å². The molecule has 0 spiro atoms. The van der Waals surface area contributed by atoms with Crippen molar-refractivity contribution in [1.82, 2.24) is 14.2 Å². The minimum absolute atomic E-state index is 0.119. The third-order valence-electron chi connectivity index (χ3n) is 5.72. The van der Waals surface area contributed by atoms with Crippen LogP contribution in [0.3, 0.4) is 0 Å². The first-order valence-corrected chi connectivity index (χ1v) is 11.9. The van der Waals surface area contributed by atoms with Gasteiger partial charge in [-0.05, 0) is 55.3 Å². The summed E-state index contributed by atoms with van der Waals surface area (Å²) >= 11 is 0. The Morgan fingerprint density at radius 3 is 2.53 bits per heavy atom. The molecular formula is C23H27N3O5S. The largest absolute Gasteiger partial charge is 0.497 e. The maximum atomic E-state index is 12.8. The summed E-state index contributed by atoms with van der Waals surface area (Å²) in [6, 6.07) is 12.3. The molecule has 1 aliphatic rings. The maximum absolute atomic E-state index is 12.8. The molecule has 9 heteroatoms. The Bertz CT molecular complexity index is 1230. The number of amides is 1. The van der Waals surface area contributed by atoms with E-state index in [1.165, 1.54) is 4.31 Å². The smallest absolute Gasteiger partial charge is 0.243 e. The highest BCUT2D eigenvalue weighted by Gasteiger charge is 2.27. The molecule has 2 heterocycles. The molecule has 0 aliphatic carbocycles. The average Bonchev–Trinajstić information content (AvgIpc) is 3.48. The van der Waals surface area contributed by atoms with E-state index in [2.05, 4.69) is 5.32 Å². The lowest BCUT2D eigenvalue weighted by atomic mass is 10.2. The summed E-state index contributed by atoms with van der Waals surface area (Å²) in [5, 5.41) is 3.69. The summed E-state index contributed by atoms with van der Waals surface area (Å²) < 4.78 is 39.6. The van der Waals surface area contributed by atoms with Crippen molar-refractivity contribution in [3.63, 3.8) is 0 Å². The number of nitrogens with one attached hydrogen (secondary N) is 1. The molecule has 8 nitrogen and oxygen atoms in total. The van der Waals surface area contributed by atoms with Crippen molar-refractivity contribution in [1.29, 1.82) is 0 Å². The number of nitrogens with zero attached hydrogens (tertiary/aromatic N) is 2. The number of carbonyl (C=O) groups excluding carboxylic acids is 1. The molecule has 170 valence electrons. The first-order valence-electron chi connectivity index (χ1n) is 10.5. The van der Waals surface area contributed by atoms with Crippen molar-refractivity contribution < 1.29 is 22.7 Å². The number of benzene rings is 2. The van der Waals surface area contributed by atoms with Crippen LogP contribution in [0.1, 0.15) is 18.4 Å². The number of fused-ring (bicyclic) bond motifs is 1. The summed E-state index contributed by atoms with van der Waals surface area (Å²) in [5.74, 6) is 1.19. The number of ether oxygens (including phenoxy) is 2. The number of aromatic nitrogens is 1. The molecule has 32 heavy (non-hydrogen) atoms.